The summed E-state index contributed by atoms with van der Waals surface area (Å²) in [6, 6.07) is 7.92. The van der Waals surface area contributed by atoms with Crippen molar-refractivity contribution in [3.05, 3.63) is 33.5 Å². The molecule has 0 saturated carbocycles. The van der Waals surface area contributed by atoms with Crippen LogP contribution in [0.5, 0.6) is 5.75 Å². The minimum atomic E-state index is 0.671. The Bertz CT molecular complexity index is 599. The van der Waals surface area contributed by atoms with Gasteiger partial charge in [0.15, 0.2) is 5.82 Å². The first-order chi connectivity index (χ1) is 10.2. The zero-order valence-electron chi connectivity index (χ0n) is 12.6. The van der Waals surface area contributed by atoms with Crippen LogP contribution in [0, 0.1) is 3.57 Å². The predicted octanol–water partition coefficient (Wildman–Crippen LogP) is 4.14. The standard InChI is InChI=1S/C16H20IN3O/c1-4-13-14(17)16(18-5-2)20-15(19-13)11-7-9-12(10-8-11)21-6-3/h7-10H,4-6H2,1-3H3,(H,18,19,20). The van der Waals surface area contributed by atoms with Crippen molar-refractivity contribution in [3.8, 4) is 17.1 Å². The van der Waals surface area contributed by atoms with Crippen molar-refractivity contribution >= 4 is 28.4 Å². The van der Waals surface area contributed by atoms with Gasteiger partial charge in [-0.3, -0.25) is 0 Å². The topological polar surface area (TPSA) is 47.0 Å². The lowest BCUT2D eigenvalue weighted by molar-refractivity contribution is 0.340. The molecule has 0 fully saturated rings. The van der Waals surface area contributed by atoms with Crippen molar-refractivity contribution in [1.82, 2.24) is 9.97 Å². The van der Waals surface area contributed by atoms with E-state index in [-0.39, 0.29) is 0 Å². The second-order valence-electron chi connectivity index (χ2n) is 4.50. The van der Waals surface area contributed by atoms with Crippen molar-refractivity contribution in [2.24, 2.45) is 0 Å². The Kier molecular flexibility index (Phi) is 5.78. The molecule has 5 heteroatoms. The van der Waals surface area contributed by atoms with Crippen LogP contribution in [0.4, 0.5) is 5.82 Å². The quantitative estimate of drug-likeness (QED) is 0.745. The summed E-state index contributed by atoms with van der Waals surface area (Å²) in [7, 11) is 0. The van der Waals surface area contributed by atoms with Gasteiger partial charge in [-0.1, -0.05) is 6.92 Å². The number of aromatic nitrogens is 2. The molecule has 4 nitrogen and oxygen atoms in total. The molecule has 1 aromatic carbocycles. The Hall–Kier alpha value is -1.37. The number of aryl methyl sites for hydroxylation is 1. The van der Waals surface area contributed by atoms with Crippen LogP contribution in [-0.2, 0) is 6.42 Å². The first-order valence-corrected chi connectivity index (χ1v) is 8.30. The van der Waals surface area contributed by atoms with E-state index in [1.165, 1.54) is 0 Å². The predicted molar refractivity (Wildman–Crippen MR) is 94.9 cm³/mol. The maximum atomic E-state index is 5.47. The summed E-state index contributed by atoms with van der Waals surface area (Å²) < 4.78 is 6.57. The SMILES string of the molecule is CCNc1nc(-c2ccc(OCC)cc2)nc(CC)c1I. The van der Waals surface area contributed by atoms with Crippen LogP contribution in [0.2, 0.25) is 0 Å². The van der Waals surface area contributed by atoms with Crippen LogP contribution in [0.3, 0.4) is 0 Å². The van der Waals surface area contributed by atoms with Gasteiger partial charge >= 0.3 is 0 Å². The van der Waals surface area contributed by atoms with E-state index in [1.54, 1.807) is 0 Å². The second kappa shape index (κ2) is 7.59. The van der Waals surface area contributed by atoms with Gasteiger partial charge in [-0.2, -0.15) is 0 Å². The highest BCUT2D eigenvalue weighted by Crippen LogP contribution is 2.25. The molecule has 1 aromatic heterocycles. The van der Waals surface area contributed by atoms with Gasteiger partial charge in [0.25, 0.3) is 0 Å². The molecule has 0 amide bonds. The minimum Gasteiger partial charge on any atom is -0.494 e. The van der Waals surface area contributed by atoms with E-state index in [0.717, 1.165) is 45.2 Å². The molecule has 0 bridgehead atoms. The van der Waals surface area contributed by atoms with Gasteiger partial charge < -0.3 is 10.1 Å². The number of benzene rings is 1. The molecule has 0 saturated heterocycles. The lowest BCUT2D eigenvalue weighted by Crippen LogP contribution is -2.07. The molecule has 112 valence electrons. The molecule has 21 heavy (non-hydrogen) atoms. The van der Waals surface area contributed by atoms with Crippen molar-refractivity contribution < 1.29 is 4.74 Å². The summed E-state index contributed by atoms with van der Waals surface area (Å²) in [6.07, 6.45) is 0.892. The molecule has 0 spiro atoms. The lowest BCUT2D eigenvalue weighted by atomic mass is 10.2. The normalized spacial score (nSPS) is 10.5. The van der Waals surface area contributed by atoms with Gasteiger partial charge in [0.1, 0.15) is 11.6 Å². The van der Waals surface area contributed by atoms with E-state index in [1.807, 2.05) is 31.2 Å². The van der Waals surface area contributed by atoms with Gasteiger partial charge in [0.05, 0.1) is 15.9 Å². The van der Waals surface area contributed by atoms with Gasteiger partial charge in [-0.05, 0) is 67.1 Å². The highest BCUT2D eigenvalue weighted by molar-refractivity contribution is 14.1. The average molecular weight is 397 g/mol. The average Bonchev–Trinajstić information content (AvgIpc) is 2.51. The third kappa shape index (κ3) is 3.84. The van der Waals surface area contributed by atoms with Crippen molar-refractivity contribution in [3.63, 3.8) is 0 Å². The minimum absolute atomic E-state index is 0.671. The van der Waals surface area contributed by atoms with Gasteiger partial charge in [0.2, 0.25) is 0 Å². The fourth-order valence-electron chi connectivity index (χ4n) is 2.01. The van der Waals surface area contributed by atoms with E-state index < -0.39 is 0 Å². The molecule has 0 aliphatic heterocycles. The van der Waals surface area contributed by atoms with Crippen LogP contribution >= 0.6 is 22.6 Å². The van der Waals surface area contributed by atoms with Crippen molar-refractivity contribution in [2.45, 2.75) is 27.2 Å². The third-order valence-corrected chi connectivity index (χ3v) is 4.16. The zero-order chi connectivity index (χ0) is 15.2. The number of rotatable bonds is 6. The fraction of sp³-hybridized carbons (Fsp3) is 0.375. The molecule has 0 unspecified atom stereocenters. The largest absolute Gasteiger partial charge is 0.494 e. The summed E-state index contributed by atoms with van der Waals surface area (Å²) in [4.78, 5) is 9.33. The summed E-state index contributed by atoms with van der Waals surface area (Å²) in [5.74, 6) is 2.54. The summed E-state index contributed by atoms with van der Waals surface area (Å²) >= 11 is 2.31. The van der Waals surface area contributed by atoms with Gasteiger partial charge in [-0.25, -0.2) is 9.97 Å². The number of ether oxygens (including phenoxy) is 1. The smallest absolute Gasteiger partial charge is 0.161 e. The molecular weight excluding hydrogens is 377 g/mol. The van der Waals surface area contributed by atoms with Crippen LogP contribution in [-0.4, -0.2) is 23.1 Å². The van der Waals surface area contributed by atoms with Crippen molar-refractivity contribution in [2.75, 3.05) is 18.5 Å². The molecule has 0 atom stereocenters. The molecule has 0 aliphatic rings. The number of nitrogens with one attached hydrogen (secondary N) is 1. The summed E-state index contributed by atoms with van der Waals surface area (Å²) in [6.45, 7) is 7.68. The maximum Gasteiger partial charge on any atom is 0.161 e. The van der Waals surface area contributed by atoms with Crippen LogP contribution < -0.4 is 10.1 Å². The Labute approximate surface area is 139 Å². The zero-order valence-corrected chi connectivity index (χ0v) is 14.8. The highest BCUT2D eigenvalue weighted by Gasteiger charge is 2.12. The number of hydrogen-bond acceptors (Lipinski definition) is 4. The number of anilines is 1. The van der Waals surface area contributed by atoms with E-state index in [0.29, 0.717) is 6.61 Å². The monoisotopic (exact) mass is 397 g/mol. The number of nitrogens with zero attached hydrogens (tertiary/aromatic N) is 2. The molecule has 0 radical (unpaired) electrons. The Balaban J connectivity index is 2.40. The van der Waals surface area contributed by atoms with E-state index in [2.05, 4.69) is 51.7 Å². The van der Waals surface area contributed by atoms with Gasteiger partial charge in [-0.15, -0.1) is 0 Å². The fourth-order valence-corrected chi connectivity index (χ4v) is 2.82. The first kappa shape index (κ1) is 16.0. The molecule has 0 aliphatic carbocycles. The molecule has 1 heterocycles. The van der Waals surface area contributed by atoms with Crippen LogP contribution in [0.15, 0.2) is 24.3 Å². The van der Waals surface area contributed by atoms with E-state index >= 15 is 0 Å². The third-order valence-electron chi connectivity index (χ3n) is 3.02. The number of halogens is 1. The van der Waals surface area contributed by atoms with Crippen molar-refractivity contribution in [1.29, 1.82) is 0 Å². The Morgan fingerprint density at radius 1 is 1.10 bits per heavy atom. The summed E-state index contributed by atoms with van der Waals surface area (Å²) in [5, 5.41) is 3.31. The molecular formula is C16H20IN3O. The first-order valence-electron chi connectivity index (χ1n) is 7.23. The Morgan fingerprint density at radius 3 is 2.38 bits per heavy atom. The second-order valence-corrected chi connectivity index (χ2v) is 5.58. The number of hydrogen-bond donors (Lipinski definition) is 1. The molecule has 1 N–H and O–H groups in total. The van der Waals surface area contributed by atoms with E-state index in [4.69, 9.17) is 4.74 Å². The lowest BCUT2D eigenvalue weighted by Gasteiger charge is -2.11. The van der Waals surface area contributed by atoms with E-state index in [9.17, 15) is 0 Å². The summed E-state index contributed by atoms with van der Waals surface area (Å²) in [5.41, 5.74) is 2.08. The highest BCUT2D eigenvalue weighted by atomic mass is 127. The van der Waals surface area contributed by atoms with Crippen LogP contribution in [0.25, 0.3) is 11.4 Å². The molecule has 2 aromatic rings. The van der Waals surface area contributed by atoms with Gasteiger partial charge in [0, 0.05) is 12.1 Å². The maximum absolute atomic E-state index is 5.47. The van der Waals surface area contributed by atoms with Crippen LogP contribution in [0.1, 0.15) is 26.5 Å². The molecule has 2 rings (SSSR count). The Morgan fingerprint density at radius 2 is 1.81 bits per heavy atom.